The van der Waals surface area contributed by atoms with Gasteiger partial charge in [0, 0.05) is 56.1 Å². The number of benzene rings is 2. The molecule has 0 aliphatic carbocycles. The maximum absolute atomic E-state index is 12.8. The van der Waals surface area contributed by atoms with Gasteiger partial charge in [0.15, 0.2) is 0 Å². The first-order valence-electron chi connectivity index (χ1n) is 9.73. The van der Waals surface area contributed by atoms with Crippen LogP contribution in [0.2, 0.25) is 0 Å². The van der Waals surface area contributed by atoms with Crippen LogP contribution in [-0.2, 0) is 11.2 Å². The van der Waals surface area contributed by atoms with E-state index >= 15 is 0 Å². The number of nitrogens with one attached hydrogen (secondary N) is 1. The maximum Gasteiger partial charge on any atom is 0.277 e. The molecule has 31 heavy (non-hydrogen) atoms. The van der Waals surface area contributed by atoms with Crippen molar-refractivity contribution in [2.45, 2.75) is 12.8 Å². The number of rotatable bonds is 4. The Morgan fingerprint density at radius 3 is 2.16 bits per heavy atom. The molecule has 11 nitrogen and oxygen atoms in total. The highest BCUT2D eigenvalue weighted by molar-refractivity contribution is 5.96. The molecule has 160 valence electrons. The third-order valence-electron chi connectivity index (χ3n) is 5.49. The van der Waals surface area contributed by atoms with Gasteiger partial charge >= 0.3 is 0 Å². The van der Waals surface area contributed by atoms with E-state index in [0.29, 0.717) is 39.0 Å². The van der Waals surface area contributed by atoms with Crippen LogP contribution >= 0.6 is 0 Å². The molecule has 2 aromatic carbocycles. The number of carbonyl (C=O) groups is 2. The van der Waals surface area contributed by atoms with Gasteiger partial charge in [-0.05, 0) is 30.2 Å². The van der Waals surface area contributed by atoms with Crippen LogP contribution in [0.15, 0.2) is 36.4 Å². The Kier molecular flexibility index (Phi) is 5.24. The van der Waals surface area contributed by atoms with Gasteiger partial charge in [-0.15, -0.1) is 0 Å². The molecule has 2 aliphatic heterocycles. The van der Waals surface area contributed by atoms with Gasteiger partial charge in [0.2, 0.25) is 5.91 Å². The minimum absolute atomic E-state index is 0.00811. The molecule has 1 saturated heterocycles. The largest absolute Gasteiger partial charge is 0.368 e. The summed E-state index contributed by atoms with van der Waals surface area (Å²) < 4.78 is 0. The van der Waals surface area contributed by atoms with Crippen molar-refractivity contribution in [1.82, 2.24) is 4.90 Å². The Bertz CT molecular complexity index is 1060. The second kappa shape index (κ2) is 8.01. The maximum atomic E-state index is 12.8. The van der Waals surface area contributed by atoms with Crippen LogP contribution < -0.4 is 10.2 Å². The van der Waals surface area contributed by atoms with E-state index in [4.69, 9.17) is 0 Å². The number of fused-ring (bicyclic) bond motifs is 1. The molecule has 4 rings (SSSR count). The van der Waals surface area contributed by atoms with Crippen molar-refractivity contribution in [2.24, 2.45) is 0 Å². The third kappa shape index (κ3) is 4.15. The average molecular weight is 425 g/mol. The molecule has 0 unspecified atom stereocenters. The number of carbonyl (C=O) groups excluding carboxylic acids is 2. The van der Waals surface area contributed by atoms with E-state index in [-0.39, 0.29) is 11.5 Å². The van der Waals surface area contributed by atoms with Crippen molar-refractivity contribution in [3.05, 3.63) is 67.8 Å². The number of hydrogen-bond donors (Lipinski definition) is 1. The summed E-state index contributed by atoms with van der Waals surface area (Å²) >= 11 is 0. The highest BCUT2D eigenvalue weighted by atomic mass is 16.6. The quantitative estimate of drug-likeness (QED) is 0.586. The van der Waals surface area contributed by atoms with Crippen LogP contribution in [0.3, 0.4) is 0 Å². The van der Waals surface area contributed by atoms with Crippen molar-refractivity contribution in [3.8, 4) is 0 Å². The average Bonchev–Trinajstić information content (AvgIpc) is 2.78. The molecular weight excluding hydrogens is 406 g/mol. The zero-order chi connectivity index (χ0) is 22.1. The van der Waals surface area contributed by atoms with E-state index in [9.17, 15) is 29.8 Å². The summed E-state index contributed by atoms with van der Waals surface area (Å²) in [7, 11) is 0. The predicted molar refractivity (Wildman–Crippen MR) is 111 cm³/mol. The lowest BCUT2D eigenvalue weighted by Gasteiger charge is -2.36. The lowest BCUT2D eigenvalue weighted by molar-refractivity contribution is -0.394. The monoisotopic (exact) mass is 425 g/mol. The number of non-ortho nitro benzene ring substituents is 2. The van der Waals surface area contributed by atoms with Crippen molar-refractivity contribution in [2.75, 3.05) is 36.4 Å². The number of aryl methyl sites for hydroxylation is 1. The van der Waals surface area contributed by atoms with Crippen molar-refractivity contribution < 1.29 is 19.4 Å². The topological polar surface area (TPSA) is 139 Å². The SMILES string of the molecule is O=C1CCc2cc(N3CCN(C(=O)c4cc([N+](=O)[O-])cc([N+](=O)[O-])c4)CC3)ccc2N1. The van der Waals surface area contributed by atoms with Crippen LogP contribution in [0.4, 0.5) is 22.7 Å². The molecule has 0 atom stereocenters. The zero-order valence-corrected chi connectivity index (χ0v) is 16.4. The van der Waals surface area contributed by atoms with Crippen molar-refractivity contribution >= 4 is 34.6 Å². The number of piperazine rings is 1. The van der Waals surface area contributed by atoms with Gasteiger partial charge in [-0.2, -0.15) is 0 Å². The normalized spacial score (nSPS) is 15.8. The summed E-state index contributed by atoms with van der Waals surface area (Å²) in [6, 6.07) is 8.82. The Balaban J connectivity index is 1.47. The summed E-state index contributed by atoms with van der Waals surface area (Å²) in [4.78, 5) is 48.7. The number of nitro groups is 2. The molecule has 0 bridgehead atoms. The summed E-state index contributed by atoms with van der Waals surface area (Å²) in [5.41, 5.74) is 1.84. The second-order valence-electron chi connectivity index (χ2n) is 7.42. The van der Waals surface area contributed by atoms with Gasteiger partial charge in [-0.25, -0.2) is 0 Å². The van der Waals surface area contributed by atoms with Crippen LogP contribution in [0.5, 0.6) is 0 Å². The molecule has 0 aromatic heterocycles. The number of hydrogen-bond acceptors (Lipinski definition) is 7. The molecule has 1 fully saturated rings. The first-order chi connectivity index (χ1) is 14.8. The lowest BCUT2D eigenvalue weighted by Crippen LogP contribution is -2.48. The fourth-order valence-electron chi connectivity index (χ4n) is 3.85. The fraction of sp³-hybridized carbons (Fsp3) is 0.300. The number of anilines is 2. The molecule has 2 heterocycles. The standard InChI is InChI=1S/C20H19N5O6/c26-19-4-1-13-9-15(2-3-18(13)21-19)22-5-7-23(8-6-22)20(27)14-10-16(24(28)29)12-17(11-14)25(30)31/h2-3,9-12H,1,4-8H2,(H,21,26). The number of amides is 2. The highest BCUT2D eigenvalue weighted by Gasteiger charge is 2.26. The van der Waals surface area contributed by atoms with Gasteiger partial charge in [-0.1, -0.05) is 0 Å². The lowest BCUT2D eigenvalue weighted by atomic mass is 10.0. The summed E-state index contributed by atoms with van der Waals surface area (Å²) in [6.07, 6.45) is 1.13. The zero-order valence-electron chi connectivity index (χ0n) is 16.4. The Labute approximate surface area is 176 Å². The van der Waals surface area contributed by atoms with Crippen LogP contribution in [-0.4, -0.2) is 52.7 Å². The molecule has 0 radical (unpaired) electrons. The van der Waals surface area contributed by atoms with Gasteiger partial charge in [0.1, 0.15) is 0 Å². The van der Waals surface area contributed by atoms with E-state index in [2.05, 4.69) is 10.2 Å². The Hall–Kier alpha value is -4.02. The van der Waals surface area contributed by atoms with Gasteiger partial charge in [0.25, 0.3) is 17.3 Å². The van der Waals surface area contributed by atoms with E-state index in [1.165, 1.54) is 4.90 Å². The number of nitro benzene ring substituents is 2. The minimum Gasteiger partial charge on any atom is -0.368 e. The summed E-state index contributed by atoms with van der Waals surface area (Å²) in [6.45, 7) is 1.86. The summed E-state index contributed by atoms with van der Waals surface area (Å²) in [5.74, 6) is -0.464. The Morgan fingerprint density at radius 1 is 0.903 bits per heavy atom. The molecule has 2 aromatic rings. The first-order valence-corrected chi connectivity index (χ1v) is 9.73. The molecule has 2 amide bonds. The van der Waals surface area contributed by atoms with Gasteiger partial charge < -0.3 is 15.1 Å². The summed E-state index contributed by atoms with van der Waals surface area (Å²) in [5, 5.41) is 25.0. The second-order valence-corrected chi connectivity index (χ2v) is 7.42. The van der Waals surface area contributed by atoms with E-state index in [1.807, 2.05) is 18.2 Å². The van der Waals surface area contributed by atoms with Crippen LogP contribution in [0.1, 0.15) is 22.3 Å². The molecule has 1 N–H and O–H groups in total. The van der Waals surface area contributed by atoms with Crippen molar-refractivity contribution in [3.63, 3.8) is 0 Å². The molecular formula is C20H19N5O6. The highest BCUT2D eigenvalue weighted by Crippen LogP contribution is 2.29. The third-order valence-corrected chi connectivity index (χ3v) is 5.49. The van der Waals surface area contributed by atoms with Crippen LogP contribution in [0.25, 0.3) is 0 Å². The molecule has 0 spiro atoms. The van der Waals surface area contributed by atoms with E-state index in [1.54, 1.807) is 0 Å². The Morgan fingerprint density at radius 2 is 1.55 bits per heavy atom. The van der Waals surface area contributed by atoms with Crippen LogP contribution in [0, 0.1) is 20.2 Å². The predicted octanol–water partition coefficient (Wildman–Crippen LogP) is 2.35. The van der Waals surface area contributed by atoms with Gasteiger partial charge in [-0.3, -0.25) is 29.8 Å². The smallest absolute Gasteiger partial charge is 0.277 e. The van der Waals surface area contributed by atoms with Gasteiger partial charge in [0.05, 0.1) is 21.5 Å². The van der Waals surface area contributed by atoms with E-state index in [0.717, 1.165) is 35.1 Å². The van der Waals surface area contributed by atoms with E-state index < -0.39 is 27.1 Å². The van der Waals surface area contributed by atoms with Crippen molar-refractivity contribution in [1.29, 1.82) is 0 Å². The fourth-order valence-corrected chi connectivity index (χ4v) is 3.85. The number of nitrogens with zero attached hydrogens (tertiary/aromatic N) is 4. The minimum atomic E-state index is -0.750. The molecule has 11 heteroatoms. The molecule has 0 saturated carbocycles. The first kappa shape index (κ1) is 20.3. The molecule has 2 aliphatic rings.